The van der Waals surface area contributed by atoms with E-state index in [9.17, 15) is 4.79 Å². The van der Waals surface area contributed by atoms with Gasteiger partial charge in [0.2, 0.25) is 0 Å². The lowest BCUT2D eigenvalue weighted by Gasteiger charge is -2.17. The van der Waals surface area contributed by atoms with Crippen LogP contribution in [0.5, 0.6) is 5.75 Å². The average molecular weight is 236 g/mol. The van der Waals surface area contributed by atoms with Crippen LogP contribution in [0.15, 0.2) is 24.3 Å². The third-order valence-electron chi connectivity index (χ3n) is 2.69. The summed E-state index contributed by atoms with van der Waals surface area (Å²) in [7, 11) is 1.60. The summed E-state index contributed by atoms with van der Waals surface area (Å²) < 4.78 is 5.08. The van der Waals surface area contributed by atoms with Crippen molar-refractivity contribution in [2.24, 2.45) is 5.92 Å². The van der Waals surface area contributed by atoms with Gasteiger partial charge in [-0.25, -0.2) is 4.79 Å². The molecule has 0 radical (unpaired) electrons. The van der Waals surface area contributed by atoms with E-state index in [1.807, 2.05) is 25.1 Å². The van der Waals surface area contributed by atoms with Crippen LogP contribution in [-0.2, 0) is 0 Å². The highest BCUT2D eigenvalue weighted by molar-refractivity contribution is 5.89. The fourth-order valence-electron chi connectivity index (χ4n) is 1.24. The van der Waals surface area contributed by atoms with Crippen LogP contribution in [0.2, 0.25) is 0 Å². The smallest absolute Gasteiger partial charge is 0.319 e. The molecule has 0 fully saturated rings. The molecule has 94 valence electrons. The number of nitrogens with one attached hydrogen (secondary N) is 2. The number of benzene rings is 1. The molecule has 1 aromatic rings. The Hall–Kier alpha value is -1.71. The van der Waals surface area contributed by atoms with Crippen molar-refractivity contribution in [3.63, 3.8) is 0 Å². The van der Waals surface area contributed by atoms with Crippen molar-refractivity contribution >= 4 is 11.7 Å². The maximum absolute atomic E-state index is 11.7. The fraction of sp³-hybridized carbons (Fsp3) is 0.462. The molecule has 2 N–H and O–H groups in total. The van der Waals surface area contributed by atoms with Gasteiger partial charge in [0.1, 0.15) is 5.75 Å². The molecular formula is C13H20N2O2. The molecule has 0 aliphatic rings. The second kappa shape index (κ2) is 6.13. The summed E-state index contributed by atoms with van der Waals surface area (Å²) in [5.41, 5.74) is 0.720. The summed E-state index contributed by atoms with van der Waals surface area (Å²) >= 11 is 0. The topological polar surface area (TPSA) is 50.4 Å². The second-order valence-electron chi connectivity index (χ2n) is 4.36. The summed E-state index contributed by atoms with van der Waals surface area (Å²) in [6, 6.07) is 7.21. The minimum Gasteiger partial charge on any atom is -0.497 e. The van der Waals surface area contributed by atoms with Gasteiger partial charge in [-0.1, -0.05) is 19.9 Å². The number of rotatable bonds is 4. The molecule has 0 bridgehead atoms. The monoisotopic (exact) mass is 236 g/mol. The van der Waals surface area contributed by atoms with E-state index in [1.54, 1.807) is 13.2 Å². The van der Waals surface area contributed by atoms with Crippen molar-refractivity contribution < 1.29 is 9.53 Å². The van der Waals surface area contributed by atoms with Gasteiger partial charge < -0.3 is 15.4 Å². The van der Waals surface area contributed by atoms with E-state index < -0.39 is 0 Å². The zero-order chi connectivity index (χ0) is 12.8. The standard InChI is InChI=1S/C13H20N2O2/c1-9(2)10(3)14-13(16)15-11-6-5-7-12(8-11)17-4/h5-10H,1-4H3,(H2,14,15,16)/t10-/m1/s1. The van der Waals surface area contributed by atoms with E-state index >= 15 is 0 Å². The Morgan fingerprint density at radius 1 is 1.29 bits per heavy atom. The van der Waals surface area contributed by atoms with Crippen LogP contribution in [0.4, 0.5) is 10.5 Å². The molecule has 17 heavy (non-hydrogen) atoms. The van der Waals surface area contributed by atoms with Crippen LogP contribution in [0.25, 0.3) is 0 Å². The molecule has 0 saturated carbocycles. The number of carbonyl (C=O) groups is 1. The van der Waals surface area contributed by atoms with E-state index in [-0.39, 0.29) is 12.1 Å². The first-order valence-corrected chi connectivity index (χ1v) is 5.74. The lowest BCUT2D eigenvalue weighted by atomic mass is 10.1. The quantitative estimate of drug-likeness (QED) is 0.844. The molecule has 1 aromatic carbocycles. The molecule has 0 aliphatic heterocycles. The van der Waals surface area contributed by atoms with Crippen molar-refractivity contribution in [2.45, 2.75) is 26.8 Å². The molecule has 0 saturated heterocycles. The number of urea groups is 1. The number of amides is 2. The van der Waals surface area contributed by atoms with Crippen LogP contribution in [-0.4, -0.2) is 19.2 Å². The van der Waals surface area contributed by atoms with Crippen LogP contribution >= 0.6 is 0 Å². The Morgan fingerprint density at radius 3 is 2.59 bits per heavy atom. The van der Waals surface area contributed by atoms with Crippen molar-refractivity contribution in [1.82, 2.24) is 5.32 Å². The number of hydrogen-bond donors (Lipinski definition) is 2. The number of carbonyl (C=O) groups excluding carboxylic acids is 1. The van der Waals surface area contributed by atoms with E-state index in [0.717, 1.165) is 11.4 Å². The summed E-state index contributed by atoms with van der Waals surface area (Å²) in [5, 5.41) is 5.65. The summed E-state index contributed by atoms with van der Waals surface area (Å²) in [6.07, 6.45) is 0. The molecule has 0 unspecified atom stereocenters. The zero-order valence-electron chi connectivity index (χ0n) is 10.8. The van der Waals surface area contributed by atoms with E-state index in [2.05, 4.69) is 24.5 Å². The van der Waals surface area contributed by atoms with Gasteiger partial charge in [0.15, 0.2) is 0 Å². The molecule has 0 spiro atoms. The fourth-order valence-corrected chi connectivity index (χ4v) is 1.24. The van der Waals surface area contributed by atoms with Crippen molar-refractivity contribution in [3.05, 3.63) is 24.3 Å². The Kier molecular flexibility index (Phi) is 4.82. The predicted molar refractivity (Wildman–Crippen MR) is 69.4 cm³/mol. The highest BCUT2D eigenvalue weighted by Crippen LogP contribution is 2.16. The second-order valence-corrected chi connectivity index (χ2v) is 4.36. The molecule has 0 heterocycles. The normalized spacial score (nSPS) is 12.1. The van der Waals surface area contributed by atoms with Gasteiger partial charge in [0, 0.05) is 17.8 Å². The van der Waals surface area contributed by atoms with Gasteiger partial charge in [-0.05, 0) is 25.0 Å². The van der Waals surface area contributed by atoms with Gasteiger partial charge in [-0.2, -0.15) is 0 Å². The minimum absolute atomic E-state index is 0.139. The van der Waals surface area contributed by atoms with Crippen LogP contribution in [0.3, 0.4) is 0 Å². The van der Waals surface area contributed by atoms with E-state index in [4.69, 9.17) is 4.74 Å². The lowest BCUT2D eigenvalue weighted by molar-refractivity contribution is 0.246. The Labute approximate surface area is 102 Å². The summed E-state index contributed by atoms with van der Waals surface area (Å²) in [5.74, 6) is 1.13. The summed E-state index contributed by atoms with van der Waals surface area (Å²) in [4.78, 5) is 11.7. The summed E-state index contributed by atoms with van der Waals surface area (Å²) in [6.45, 7) is 6.11. The molecule has 0 aromatic heterocycles. The molecule has 2 amide bonds. The molecular weight excluding hydrogens is 216 g/mol. The molecule has 1 atom stereocenters. The minimum atomic E-state index is -0.195. The lowest BCUT2D eigenvalue weighted by Crippen LogP contribution is -2.38. The van der Waals surface area contributed by atoms with Gasteiger partial charge in [0.25, 0.3) is 0 Å². The first-order chi connectivity index (χ1) is 8.02. The Bertz CT molecular complexity index is 377. The van der Waals surface area contributed by atoms with Crippen molar-refractivity contribution in [3.8, 4) is 5.75 Å². The first-order valence-electron chi connectivity index (χ1n) is 5.74. The molecule has 4 nitrogen and oxygen atoms in total. The zero-order valence-corrected chi connectivity index (χ0v) is 10.8. The first kappa shape index (κ1) is 13.4. The number of anilines is 1. The van der Waals surface area contributed by atoms with Crippen LogP contribution in [0, 0.1) is 5.92 Å². The molecule has 1 rings (SSSR count). The van der Waals surface area contributed by atoms with Gasteiger partial charge in [-0.15, -0.1) is 0 Å². The maximum atomic E-state index is 11.7. The van der Waals surface area contributed by atoms with Gasteiger partial charge in [0.05, 0.1) is 7.11 Å². The number of methoxy groups -OCH3 is 1. The SMILES string of the molecule is COc1cccc(NC(=O)N[C@H](C)C(C)C)c1. The Balaban J connectivity index is 2.55. The number of ether oxygens (including phenoxy) is 1. The van der Waals surface area contributed by atoms with Gasteiger partial charge >= 0.3 is 6.03 Å². The predicted octanol–water partition coefficient (Wildman–Crippen LogP) is 2.86. The molecule has 0 aliphatic carbocycles. The van der Waals surface area contributed by atoms with Crippen molar-refractivity contribution in [1.29, 1.82) is 0 Å². The molecule has 4 heteroatoms. The largest absolute Gasteiger partial charge is 0.497 e. The van der Waals surface area contributed by atoms with Crippen LogP contribution in [0.1, 0.15) is 20.8 Å². The van der Waals surface area contributed by atoms with Crippen LogP contribution < -0.4 is 15.4 Å². The Morgan fingerprint density at radius 2 is 2.00 bits per heavy atom. The number of hydrogen-bond acceptors (Lipinski definition) is 2. The maximum Gasteiger partial charge on any atom is 0.319 e. The van der Waals surface area contributed by atoms with E-state index in [0.29, 0.717) is 5.92 Å². The van der Waals surface area contributed by atoms with Gasteiger partial charge in [-0.3, -0.25) is 0 Å². The highest BCUT2D eigenvalue weighted by atomic mass is 16.5. The van der Waals surface area contributed by atoms with E-state index in [1.165, 1.54) is 0 Å². The van der Waals surface area contributed by atoms with Crippen molar-refractivity contribution in [2.75, 3.05) is 12.4 Å². The average Bonchev–Trinajstić information content (AvgIpc) is 2.28. The third-order valence-corrected chi connectivity index (χ3v) is 2.69. The highest BCUT2D eigenvalue weighted by Gasteiger charge is 2.10. The third kappa shape index (κ3) is 4.34.